The highest BCUT2D eigenvalue weighted by Crippen LogP contribution is 2.25. The molecule has 2 N–H and O–H groups in total. The van der Waals surface area contributed by atoms with Gasteiger partial charge in [-0.3, -0.25) is 4.79 Å². The van der Waals surface area contributed by atoms with Crippen molar-refractivity contribution in [1.82, 2.24) is 14.9 Å². The Bertz CT molecular complexity index is 1490. The van der Waals surface area contributed by atoms with Gasteiger partial charge in [-0.1, -0.05) is 72.3 Å². The predicted molar refractivity (Wildman–Crippen MR) is 142 cm³/mol. The zero-order valence-corrected chi connectivity index (χ0v) is 20.4. The molecule has 182 valence electrons. The molecule has 1 amide bonds. The van der Waals surface area contributed by atoms with Crippen molar-refractivity contribution in [2.24, 2.45) is 0 Å². The van der Waals surface area contributed by atoms with Crippen LogP contribution in [0.15, 0.2) is 91.0 Å². The minimum absolute atomic E-state index is 0.0964. The van der Waals surface area contributed by atoms with Crippen LogP contribution in [0.1, 0.15) is 11.4 Å². The average molecular weight is 500 g/mol. The Morgan fingerprint density at radius 2 is 1.72 bits per heavy atom. The van der Waals surface area contributed by atoms with E-state index in [0.717, 1.165) is 33.1 Å². The summed E-state index contributed by atoms with van der Waals surface area (Å²) in [5.74, 6) is 1.17. The van der Waals surface area contributed by atoms with Gasteiger partial charge in [0.05, 0.1) is 24.0 Å². The number of ether oxygens (including phenoxy) is 1. The van der Waals surface area contributed by atoms with Crippen LogP contribution in [-0.4, -0.2) is 33.3 Å². The van der Waals surface area contributed by atoms with Crippen LogP contribution in [-0.2, 0) is 24.3 Å². The molecule has 5 aromatic rings. The van der Waals surface area contributed by atoms with E-state index in [4.69, 9.17) is 16.3 Å². The molecule has 1 unspecified atom stereocenters. The molecule has 0 radical (unpaired) electrons. The Balaban J connectivity index is 1.28. The van der Waals surface area contributed by atoms with Crippen LogP contribution in [0.3, 0.4) is 0 Å². The minimum Gasteiger partial charge on any atom is -0.490 e. The van der Waals surface area contributed by atoms with Crippen molar-refractivity contribution in [3.63, 3.8) is 0 Å². The number of para-hydroxylation sites is 2. The summed E-state index contributed by atoms with van der Waals surface area (Å²) in [6.07, 6.45) is -0.698. The van der Waals surface area contributed by atoms with Gasteiger partial charge in [0.25, 0.3) is 0 Å². The number of carbonyl (C=O) groups is 1. The molecule has 0 saturated carbocycles. The molecule has 0 fully saturated rings. The summed E-state index contributed by atoms with van der Waals surface area (Å²) in [7, 11) is 0. The number of amides is 1. The molecular weight excluding hydrogens is 474 g/mol. The number of hydrogen-bond donors (Lipinski definition) is 2. The van der Waals surface area contributed by atoms with Gasteiger partial charge in [-0.25, -0.2) is 4.98 Å². The Morgan fingerprint density at radius 3 is 2.58 bits per heavy atom. The Hall–Kier alpha value is -3.87. The molecule has 4 aromatic carbocycles. The normalized spacial score (nSPS) is 12.1. The largest absolute Gasteiger partial charge is 0.490 e. The van der Waals surface area contributed by atoms with E-state index in [1.54, 1.807) is 12.1 Å². The number of halogens is 1. The summed E-state index contributed by atoms with van der Waals surface area (Å²) < 4.78 is 7.88. The van der Waals surface area contributed by atoms with E-state index in [9.17, 15) is 9.90 Å². The van der Waals surface area contributed by atoms with Crippen molar-refractivity contribution in [1.29, 1.82) is 0 Å². The summed E-state index contributed by atoms with van der Waals surface area (Å²) in [4.78, 5) is 17.4. The predicted octanol–water partition coefficient (Wildman–Crippen LogP) is 5.14. The maximum atomic E-state index is 12.7. The molecule has 36 heavy (non-hydrogen) atoms. The van der Waals surface area contributed by atoms with Crippen molar-refractivity contribution >= 4 is 39.3 Å². The topological polar surface area (TPSA) is 76.4 Å². The first-order valence-electron chi connectivity index (χ1n) is 11.8. The van der Waals surface area contributed by atoms with Gasteiger partial charge >= 0.3 is 0 Å². The van der Waals surface area contributed by atoms with Crippen molar-refractivity contribution < 1.29 is 14.6 Å². The number of benzene rings is 4. The number of nitrogens with zero attached hydrogens (tertiary/aromatic N) is 2. The third kappa shape index (κ3) is 5.51. The highest BCUT2D eigenvalue weighted by molar-refractivity contribution is 6.30. The number of imidazole rings is 1. The number of carbonyl (C=O) groups excluding carboxylic acids is 1. The van der Waals surface area contributed by atoms with Crippen LogP contribution in [0.4, 0.5) is 0 Å². The van der Waals surface area contributed by atoms with Gasteiger partial charge in [0.1, 0.15) is 24.3 Å². The summed E-state index contributed by atoms with van der Waals surface area (Å²) in [5.41, 5.74) is 2.60. The second-order valence-electron chi connectivity index (χ2n) is 8.65. The lowest BCUT2D eigenvalue weighted by Gasteiger charge is -2.16. The third-order valence-corrected chi connectivity index (χ3v) is 6.28. The first-order chi connectivity index (χ1) is 17.6. The molecule has 1 aromatic heterocycles. The SMILES string of the molecule is O=C(Cc1nc2ccccc2n1CC(O)COc1cccc2ccccc12)NCc1ccc(Cl)cc1. The molecule has 0 aliphatic heterocycles. The van der Waals surface area contributed by atoms with Gasteiger partial charge in [0.2, 0.25) is 5.91 Å². The lowest BCUT2D eigenvalue weighted by atomic mass is 10.1. The number of nitrogens with one attached hydrogen (secondary N) is 1. The first kappa shape index (κ1) is 23.9. The minimum atomic E-state index is -0.794. The number of aliphatic hydroxyl groups excluding tert-OH is 1. The lowest BCUT2D eigenvalue weighted by Crippen LogP contribution is -2.28. The average Bonchev–Trinajstić information content (AvgIpc) is 3.23. The van der Waals surface area contributed by atoms with Crippen molar-refractivity contribution in [3.8, 4) is 5.75 Å². The van der Waals surface area contributed by atoms with Gasteiger partial charge in [-0.15, -0.1) is 0 Å². The molecule has 1 heterocycles. The van der Waals surface area contributed by atoms with E-state index in [1.165, 1.54) is 0 Å². The fourth-order valence-corrected chi connectivity index (χ4v) is 4.37. The van der Waals surface area contributed by atoms with E-state index < -0.39 is 6.10 Å². The molecule has 0 bridgehead atoms. The Kier molecular flexibility index (Phi) is 7.16. The van der Waals surface area contributed by atoms with Crippen LogP contribution in [0.5, 0.6) is 5.75 Å². The Labute approximate surface area is 214 Å². The fourth-order valence-electron chi connectivity index (χ4n) is 4.24. The number of fused-ring (bicyclic) bond motifs is 2. The fraction of sp³-hybridized carbons (Fsp3) is 0.172. The highest BCUT2D eigenvalue weighted by Gasteiger charge is 2.17. The quantitative estimate of drug-likeness (QED) is 0.294. The van der Waals surface area contributed by atoms with Gasteiger partial charge in [0, 0.05) is 17.0 Å². The zero-order chi connectivity index (χ0) is 24.9. The number of rotatable bonds is 9. The van der Waals surface area contributed by atoms with Gasteiger partial charge < -0.3 is 19.7 Å². The zero-order valence-electron chi connectivity index (χ0n) is 19.6. The molecule has 0 spiro atoms. The summed E-state index contributed by atoms with van der Waals surface area (Å²) >= 11 is 5.93. The highest BCUT2D eigenvalue weighted by atomic mass is 35.5. The number of aliphatic hydroxyl groups is 1. The van der Waals surface area contributed by atoms with Crippen LogP contribution in [0, 0.1) is 0 Å². The van der Waals surface area contributed by atoms with Crippen LogP contribution in [0.25, 0.3) is 21.8 Å². The van der Waals surface area contributed by atoms with Gasteiger partial charge in [-0.2, -0.15) is 0 Å². The van der Waals surface area contributed by atoms with E-state index in [1.807, 2.05) is 83.4 Å². The van der Waals surface area contributed by atoms with E-state index in [-0.39, 0.29) is 25.5 Å². The monoisotopic (exact) mass is 499 g/mol. The summed E-state index contributed by atoms with van der Waals surface area (Å²) in [5, 5.41) is 16.5. The van der Waals surface area contributed by atoms with Gasteiger partial charge in [0.15, 0.2) is 0 Å². The maximum Gasteiger partial charge on any atom is 0.227 e. The van der Waals surface area contributed by atoms with Crippen LogP contribution < -0.4 is 10.1 Å². The summed E-state index contributed by atoms with van der Waals surface area (Å²) in [6.45, 7) is 0.769. The van der Waals surface area contributed by atoms with Gasteiger partial charge in [-0.05, 0) is 41.3 Å². The van der Waals surface area contributed by atoms with E-state index in [0.29, 0.717) is 17.4 Å². The van der Waals surface area contributed by atoms with E-state index >= 15 is 0 Å². The second-order valence-corrected chi connectivity index (χ2v) is 9.09. The first-order valence-corrected chi connectivity index (χ1v) is 12.2. The smallest absolute Gasteiger partial charge is 0.227 e. The molecule has 5 rings (SSSR count). The maximum absolute atomic E-state index is 12.7. The number of hydrogen-bond acceptors (Lipinski definition) is 4. The van der Waals surface area contributed by atoms with Crippen LogP contribution >= 0.6 is 11.6 Å². The van der Waals surface area contributed by atoms with Crippen molar-refractivity contribution in [2.75, 3.05) is 6.61 Å². The molecule has 6 nitrogen and oxygen atoms in total. The number of aromatic nitrogens is 2. The van der Waals surface area contributed by atoms with Crippen molar-refractivity contribution in [2.45, 2.75) is 25.6 Å². The standard InChI is InChI=1S/C29H26ClN3O3/c30-22-14-12-20(13-15-22)17-31-29(35)16-28-32-25-9-3-4-10-26(25)33(28)18-23(34)19-36-27-11-5-7-21-6-1-2-8-24(21)27/h1-15,23,34H,16-19H2,(H,31,35). The molecule has 0 aliphatic carbocycles. The van der Waals surface area contributed by atoms with Crippen molar-refractivity contribution in [3.05, 3.63) is 107 Å². The Morgan fingerprint density at radius 1 is 0.972 bits per heavy atom. The molecule has 0 aliphatic rings. The lowest BCUT2D eigenvalue weighted by molar-refractivity contribution is -0.120. The van der Waals surface area contributed by atoms with E-state index in [2.05, 4.69) is 10.3 Å². The third-order valence-electron chi connectivity index (χ3n) is 6.03. The second kappa shape index (κ2) is 10.8. The summed E-state index contributed by atoms with van der Waals surface area (Å²) in [6, 6.07) is 28.9. The molecule has 1 atom stereocenters. The van der Waals surface area contributed by atoms with Crippen LogP contribution in [0.2, 0.25) is 5.02 Å². The molecule has 7 heteroatoms. The molecule has 0 saturated heterocycles. The molecular formula is C29H26ClN3O3.